The number of aryl methyl sites for hydroxylation is 1. The topological polar surface area (TPSA) is 160 Å². The van der Waals surface area contributed by atoms with Crippen LogP contribution >= 0.6 is 0 Å². The maximum absolute atomic E-state index is 12.9. The third-order valence-corrected chi connectivity index (χ3v) is 6.09. The molecular formula is C24H29N7O3. The van der Waals surface area contributed by atoms with Gasteiger partial charge in [0, 0.05) is 35.7 Å². The van der Waals surface area contributed by atoms with Crippen LogP contribution in [0, 0.1) is 6.92 Å². The zero-order valence-corrected chi connectivity index (χ0v) is 19.1. The van der Waals surface area contributed by atoms with E-state index in [1.54, 1.807) is 23.1 Å². The summed E-state index contributed by atoms with van der Waals surface area (Å²) in [6.07, 6.45) is 2.86. The summed E-state index contributed by atoms with van der Waals surface area (Å²) in [5, 5.41) is 10.9. The Morgan fingerprint density at radius 3 is 2.82 bits per heavy atom. The number of aromatic nitrogens is 3. The lowest BCUT2D eigenvalue weighted by Gasteiger charge is -2.36. The van der Waals surface area contributed by atoms with Gasteiger partial charge in [-0.05, 0) is 56.9 Å². The van der Waals surface area contributed by atoms with E-state index >= 15 is 0 Å². The van der Waals surface area contributed by atoms with Gasteiger partial charge in [-0.25, -0.2) is 0 Å². The lowest BCUT2D eigenvalue weighted by atomic mass is 9.97. The Balaban J connectivity index is 1.46. The summed E-state index contributed by atoms with van der Waals surface area (Å²) < 4.78 is 0. The summed E-state index contributed by atoms with van der Waals surface area (Å²) in [5.74, 6) is -0.611. The third kappa shape index (κ3) is 5.23. The quantitative estimate of drug-likeness (QED) is 0.420. The fourth-order valence-electron chi connectivity index (χ4n) is 4.28. The summed E-state index contributed by atoms with van der Waals surface area (Å²) in [7, 11) is 0. The van der Waals surface area contributed by atoms with Crippen LogP contribution in [0.15, 0.2) is 36.4 Å². The Labute approximate surface area is 197 Å². The van der Waals surface area contributed by atoms with E-state index in [0.29, 0.717) is 17.9 Å². The van der Waals surface area contributed by atoms with Gasteiger partial charge in [-0.2, -0.15) is 5.10 Å². The minimum absolute atomic E-state index is 0.0656. The van der Waals surface area contributed by atoms with Crippen molar-refractivity contribution in [1.29, 1.82) is 0 Å². The molecule has 10 heteroatoms. The number of pyridine rings is 1. The molecule has 3 amide bonds. The first-order valence-electron chi connectivity index (χ1n) is 11.4. The van der Waals surface area contributed by atoms with Gasteiger partial charge in [0.1, 0.15) is 0 Å². The summed E-state index contributed by atoms with van der Waals surface area (Å²) in [4.78, 5) is 43.0. The normalized spacial score (nSPS) is 16.9. The number of amides is 3. The van der Waals surface area contributed by atoms with E-state index in [2.05, 4.69) is 20.5 Å². The van der Waals surface area contributed by atoms with Crippen LogP contribution < -0.4 is 16.8 Å². The molecule has 34 heavy (non-hydrogen) atoms. The molecule has 1 aliphatic heterocycles. The molecule has 1 saturated heterocycles. The molecule has 10 nitrogen and oxygen atoms in total. The molecule has 4 rings (SSSR count). The summed E-state index contributed by atoms with van der Waals surface area (Å²) in [6.45, 7) is 2.49. The van der Waals surface area contributed by atoms with Crippen LogP contribution in [0.1, 0.15) is 59.9 Å². The monoisotopic (exact) mass is 463 g/mol. The van der Waals surface area contributed by atoms with Gasteiger partial charge in [-0.1, -0.05) is 6.07 Å². The van der Waals surface area contributed by atoms with Gasteiger partial charge in [0.15, 0.2) is 5.82 Å². The second-order valence-electron chi connectivity index (χ2n) is 8.68. The number of anilines is 1. The first kappa shape index (κ1) is 23.4. The van der Waals surface area contributed by atoms with Crippen molar-refractivity contribution in [1.82, 2.24) is 20.1 Å². The van der Waals surface area contributed by atoms with Crippen LogP contribution in [0.2, 0.25) is 0 Å². The van der Waals surface area contributed by atoms with Gasteiger partial charge in [-0.15, -0.1) is 0 Å². The highest BCUT2D eigenvalue weighted by molar-refractivity contribution is 6.05. The number of likely N-dealkylation sites (tertiary alicyclic amines) is 1. The Morgan fingerprint density at radius 1 is 1.21 bits per heavy atom. The largest absolute Gasteiger partial charge is 0.370 e. The van der Waals surface area contributed by atoms with Gasteiger partial charge < -0.3 is 21.7 Å². The molecule has 0 bridgehead atoms. The summed E-state index contributed by atoms with van der Waals surface area (Å²) >= 11 is 0. The number of aromatic amines is 1. The number of H-pyrrole nitrogens is 1. The van der Waals surface area contributed by atoms with Gasteiger partial charge in [-0.3, -0.25) is 24.5 Å². The third-order valence-electron chi connectivity index (χ3n) is 6.09. The van der Waals surface area contributed by atoms with Crippen molar-refractivity contribution >= 4 is 34.4 Å². The van der Waals surface area contributed by atoms with E-state index in [1.165, 1.54) is 0 Å². The second kappa shape index (κ2) is 10.0. The van der Waals surface area contributed by atoms with E-state index in [0.717, 1.165) is 41.6 Å². The Hall–Kier alpha value is -3.79. The number of piperidine rings is 1. The first-order valence-corrected chi connectivity index (χ1v) is 11.4. The van der Waals surface area contributed by atoms with Crippen molar-refractivity contribution < 1.29 is 14.4 Å². The number of benzene rings is 1. The molecule has 0 aliphatic carbocycles. The molecule has 0 saturated carbocycles. The van der Waals surface area contributed by atoms with Crippen LogP contribution in [-0.2, 0) is 9.59 Å². The molecule has 178 valence electrons. The van der Waals surface area contributed by atoms with Crippen LogP contribution in [0.5, 0.6) is 0 Å². The average molecular weight is 464 g/mol. The van der Waals surface area contributed by atoms with Gasteiger partial charge in [0.2, 0.25) is 11.8 Å². The van der Waals surface area contributed by atoms with Crippen molar-refractivity contribution in [3.8, 4) is 0 Å². The van der Waals surface area contributed by atoms with E-state index < -0.39 is 11.9 Å². The molecule has 1 unspecified atom stereocenters. The van der Waals surface area contributed by atoms with E-state index in [-0.39, 0.29) is 30.7 Å². The molecule has 2 atom stereocenters. The van der Waals surface area contributed by atoms with Gasteiger partial charge in [0.25, 0.3) is 5.91 Å². The summed E-state index contributed by atoms with van der Waals surface area (Å²) in [6, 6.07) is 9.91. The highest BCUT2D eigenvalue weighted by atomic mass is 16.2. The minimum atomic E-state index is -0.790. The number of nitrogens with zero attached hydrogens (tertiary/aromatic N) is 3. The van der Waals surface area contributed by atoms with E-state index in [9.17, 15) is 14.4 Å². The zero-order chi connectivity index (χ0) is 24.2. The SMILES string of the molecule is Cc1ccc2cc(C(=O)Nc3cc(C4CCCCN4C(=O)[C@@H](N)CCC(N)=O)[nH]n3)ccc2n1. The van der Waals surface area contributed by atoms with Crippen LogP contribution in [-0.4, -0.2) is 50.4 Å². The molecule has 0 radical (unpaired) electrons. The Kier molecular flexibility index (Phi) is 6.87. The molecule has 3 aromatic rings. The van der Waals surface area contributed by atoms with Gasteiger partial charge in [0.05, 0.1) is 23.3 Å². The molecule has 1 aromatic carbocycles. The standard InChI is InChI=1S/C24H29N7O3/c1-14-5-6-15-12-16(7-9-18(15)27-14)23(33)28-22-13-19(29-30-22)20-4-2-3-11-31(20)24(34)17(25)8-10-21(26)32/h5-7,9,12-13,17,20H,2-4,8,10-11,25H2,1H3,(H2,26,32)(H2,28,29,30,33)/t17-,20?/m0/s1. The van der Waals surface area contributed by atoms with Crippen molar-refractivity contribution in [2.75, 3.05) is 11.9 Å². The van der Waals surface area contributed by atoms with E-state index in [4.69, 9.17) is 11.5 Å². The lowest BCUT2D eigenvalue weighted by molar-refractivity contribution is -0.136. The highest BCUT2D eigenvalue weighted by Crippen LogP contribution is 2.31. The van der Waals surface area contributed by atoms with Crippen LogP contribution in [0.3, 0.4) is 0 Å². The van der Waals surface area contributed by atoms with Crippen molar-refractivity contribution in [2.45, 2.75) is 51.1 Å². The fraction of sp³-hybridized carbons (Fsp3) is 0.375. The predicted octanol–water partition coefficient (Wildman–Crippen LogP) is 2.17. The molecule has 2 aromatic heterocycles. The number of nitrogens with one attached hydrogen (secondary N) is 2. The Bertz CT molecular complexity index is 1220. The highest BCUT2D eigenvalue weighted by Gasteiger charge is 2.32. The lowest BCUT2D eigenvalue weighted by Crippen LogP contribution is -2.47. The van der Waals surface area contributed by atoms with Crippen LogP contribution in [0.4, 0.5) is 5.82 Å². The maximum atomic E-state index is 12.9. The number of rotatable bonds is 7. The summed E-state index contributed by atoms with van der Waals surface area (Å²) in [5.41, 5.74) is 14.2. The average Bonchev–Trinajstić information content (AvgIpc) is 3.29. The van der Waals surface area contributed by atoms with Crippen molar-refractivity contribution in [3.63, 3.8) is 0 Å². The first-order chi connectivity index (χ1) is 16.3. The minimum Gasteiger partial charge on any atom is -0.370 e. The predicted molar refractivity (Wildman–Crippen MR) is 128 cm³/mol. The Morgan fingerprint density at radius 2 is 2.03 bits per heavy atom. The van der Waals surface area contributed by atoms with Gasteiger partial charge >= 0.3 is 0 Å². The molecule has 0 spiro atoms. The number of primary amides is 1. The van der Waals surface area contributed by atoms with E-state index in [1.807, 2.05) is 25.1 Å². The molecule has 1 aliphatic rings. The van der Waals surface area contributed by atoms with Crippen molar-refractivity contribution in [2.24, 2.45) is 11.5 Å². The number of carbonyl (C=O) groups is 3. The zero-order valence-electron chi connectivity index (χ0n) is 19.1. The number of hydrogen-bond donors (Lipinski definition) is 4. The number of hydrogen-bond acceptors (Lipinski definition) is 6. The smallest absolute Gasteiger partial charge is 0.256 e. The maximum Gasteiger partial charge on any atom is 0.256 e. The van der Waals surface area contributed by atoms with Crippen LogP contribution in [0.25, 0.3) is 10.9 Å². The number of carbonyl (C=O) groups excluding carboxylic acids is 3. The second-order valence-corrected chi connectivity index (χ2v) is 8.68. The number of fused-ring (bicyclic) bond motifs is 1. The molecule has 6 N–H and O–H groups in total. The molecule has 3 heterocycles. The fourth-order valence-corrected chi connectivity index (χ4v) is 4.28. The number of nitrogens with two attached hydrogens (primary N) is 2. The molecule has 1 fully saturated rings. The van der Waals surface area contributed by atoms with Crippen molar-refractivity contribution in [3.05, 3.63) is 53.3 Å². The molecular weight excluding hydrogens is 434 g/mol.